The standard InChI is InChI=1S/C19H25NO5/c1-22-18(21)16-12-15-17(13-8-4-3-5-9-13)14-10-6-7-11-19(14,23-2)25-20(15)24-16/h3-5,8-9,14-17H,6-7,10-12H2,1-2H3. The maximum atomic E-state index is 12.0. The molecular weight excluding hydrogens is 322 g/mol. The molecule has 0 N–H and O–H groups in total. The average molecular weight is 347 g/mol. The van der Waals surface area contributed by atoms with Crippen molar-refractivity contribution in [2.75, 3.05) is 14.2 Å². The van der Waals surface area contributed by atoms with Crippen molar-refractivity contribution < 1.29 is 23.9 Å². The van der Waals surface area contributed by atoms with E-state index < -0.39 is 11.9 Å². The van der Waals surface area contributed by atoms with Crippen LogP contribution in [0, 0.1) is 5.92 Å². The summed E-state index contributed by atoms with van der Waals surface area (Å²) >= 11 is 0. The van der Waals surface area contributed by atoms with Crippen LogP contribution in [0.15, 0.2) is 30.3 Å². The lowest BCUT2D eigenvalue weighted by molar-refractivity contribution is -0.488. The van der Waals surface area contributed by atoms with E-state index in [0.717, 1.165) is 25.7 Å². The van der Waals surface area contributed by atoms with Crippen LogP contribution < -0.4 is 0 Å². The number of methoxy groups -OCH3 is 2. The molecule has 0 aromatic heterocycles. The van der Waals surface area contributed by atoms with E-state index in [9.17, 15) is 4.79 Å². The van der Waals surface area contributed by atoms with Crippen molar-refractivity contribution in [3.8, 4) is 0 Å². The third-order valence-electron chi connectivity index (χ3n) is 5.90. The fraction of sp³-hybridized carbons (Fsp3) is 0.632. The minimum absolute atomic E-state index is 0.0297. The summed E-state index contributed by atoms with van der Waals surface area (Å²) < 4.78 is 10.8. The molecule has 136 valence electrons. The number of ether oxygens (including phenoxy) is 2. The quantitative estimate of drug-likeness (QED) is 0.784. The summed E-state index contributed by atoms with van der Waals surface area (Å²) in [5.41, 5.74) is 1.24. The third-order valence-corrected chi connectivity index (χ3v) is 5.90. The van der Waals surface area contributed by atoms with E-state index >= 15 is 0 Å². The Hall–Kier alpha value is -1.47. The van der Waals surface area contributed by atoms with Gasteiger partial charge in [0.05, 0.1) is 13.2 Å². The van der Waals surface area contributed by atoms with Crippen molar-refractivity contribution in [3.05, 3.63) is 35.9 Å². The van der Waals surface area contributed by atoms with E-state index in [2.05, 4.69) is 24.3 Å². The summed E-state index contributed by atoms with van der Waals surface area (Å²) in [5, 5.41) is 1.52. The zero-order valence-corrected chi connectivity index (χ0v) is 14.7. The Morgan fingerprint density at radius 2 is 2.04 bits per heavy atom. The summed E-state index contributed by atoms with van der Waals surface area (Å²) in [4.78, 5) is 24.0. The first kappa shape index (κ1) is 17.0. The van der Waals surface area contributed by atoms with Crippen molar-refractivity contribution in [2.24, 2.45) is 5.92 Å². The number of hydrogen-bond acceptors (Lipinski definition) is 6. The van der Waals surface area contributed by atoms with Crippen molar-refractivity contribution in [1.82, 2.24) is 5.23 Å². The van der Waals surface area contributed by atoms with Crippen LogP contribution in [0.1, 0.15) is 43.6 Å². The molecule has 2 saturated heterocycles. The predicted molar refractivity (Wildman–Crippen MR) is 89.1 cm³/mol. The van der Waals surface area contributed by atoms with Gasteiger partial charge in [0, 0.05) is 31.8 Å². The maximum absolute atomic E-state index is 12.0. The van der Waals surface area contributed by atoms with Gasteiger partial charge in [0.15, 0.2) is 11.9 Å². The molecule has 5 atom stereocenters. The highest BCUT2D eigenvalue weighted by molar-refractivity contribution is 5.74. The molecule has 3 fully saturated rings. The summed E-state index contributed by atoms with van der Waals surface area (Å²) in [7, 11) is 3.09. The van der Waals surface area contributed by atoms with Gasteiger partial charge in [-0.15, -0.1) is 0 Å². The molecule has 4 rings (SSSR count). The molecule has 3 aliphatic rings. The van der Waals surface area contributed by atoms with Gasteiger partial charge in [-0.2, -0.15) is 0 Å². The lowest BCUT2D eigenvalue weighted by Gasteiger charge is -2.53. The fourth-order valence-electron chi connectivity index (χ4n) is 4.74. The second-order valence-electron chi connectivity index (χ2n) is 7.10. The van der Waals surface area contributed by atoms with Gasteiger partial charge in [-0.25, -0.2) is 9.63 Å². The summed E-state index contributed by atoms with van der Waals surface area (Å²) in [6, 6.07) is 10.4. The minimum Gasteiger partial charge on any atom is -0.467 e. The number of nitrogens with zero attached hydrogens (tertiary/aromatic N) is 1. The molecule has 2 heterocycles. The molecule has 0 radical (unpaired) electrons. The number of hydroxylamine groups is 2. The first-order chi connectivity index (χ1) is 12.2. The SMILES string of the molecule is COC(=O)C1CC2C(c3ccccc3)C3CCCCC3(OC)ON2O1. The Kier molecular flexibility index (Phi) is 4.54. The first-order valence-electron chi connectivity index (χ1n) is 9.01. The van der Waals surface area contributed by atoms with Gasteiger partial charge < -0.3 is 9.47 Å². The highest BCUT2D eigenvalue weighted by atomic mass is 17.0. The van der Waals surface area contributed by atoms with Gasteiger partial charge in [0.2, 0.25) is 0 Å². The van der Waals surface area contributed by atoms with Crippen molar-refractivity contribution >= 4 is 5.97 Å². The van der Waals surface area contributed by atoms with Gasteiger partial charge >= 0.3 is 5.97 Å². The van der Waals surface area contributed by atoms with Crippen molar-refractivity contribution in [1.29, 1.82) is 0 Å². The number of carbonyl (C=O) groups excluding carboxylic acids is 1. The Morgan fingerprint density at radius 3 is 2.76 bits per heavy atom. The lowest BCUT2D eigenvalue weighted by atomic mass is 9.68. The van der Waals surface area contributed by atoms with E-state index in [1.807, 2.05) is 6.07 Å². The Balaban J connectivity index is 1.73. The Morgan fingerprint density at radius 1 is 1.24 bits per heavy atom. The van der Waals surface area contributed by atoms with Crippen LogP contribution in [0.2, 0.25) is 0 Å². The highest BCUT2D eigenvalue weighted by Crippen LogP contribution is 2.54. The van der Waals surface area contributed by atoms with Gasteiger partial charge in [0.25, 0.3) is 0 Å². The average Bonchev–Trinajstić information content (AvgIpc) is 3.09. The molecule has 6 heteroatoms. The van der Waals surface area contributed by atoms with Crippen LogP contribution in [0.25, 0.3) is 0 Å². The number of carbonyl (C=O) groups is 1. The van der Waals surface area contributed by atoms with Gasteiger partial charge in [-0.05, 0) is 18.4 Å². The molecule has 1 aromatic carbocycles. The second kappa shape index (κ2) is 6.68. The molecule has 0 bridgehead atoms. The predicted octanol–water partition coefficient (Wildman–Crippen LogP) is 2.80. The molecule has 0 amide bonds. The van der Waals surface area contributed by atoms with Crippen LogP contribution in [0.3, 0.4) is 0 Å². The summed E-state index contributed by atoms with van der Waals surface area (Å²) in [6.07, 6.45) is 4.02. The van der Waals surface area contributed by atoms with Gasteiger partial charge in [-0.3, -0.25) is 4.84 Å². The van der Waals surface area contributed by atoms with E-state index in [1.54, 1.807) is 7.11 Å². The first-order valence-corrected chi connectivity index (χ1v) is 9.01. The fourth-order valence-corrected chi connectivity index (χ4v) is 4.74. The van der Waals surface area contributed by atoms with Crippen LogP contribution >= 0.6 is 0 Å². The number of benzene rings is 1. The molecule has 1 aromatic rings. The molecular formula is C19H25NO5. The molecule has 25 heavy (non-hydrogen) atoms. The lowest BCUT2D eigenvalue weighted by Crippen LogP contribution is -2.59. The second-order valence-corrected chi connectivity index (χ2v) is 7.10. The Bertz CT molecular complexity index is 624. The van der Waals surface area contributed by atoms with E-state index in [0.29, 0.717) is 6.42 Å². The third kappa shape index (κ3) is 2.77. The van der Waals surface area contributed by atoms with Gasteiger partial charge in [0.1, 0.15) is 0 Å². The van der Waals surface area contributed by atoms with Crippen LogP contribution in [-0.2, 0) is 23.9 Å². The molecule has 6 nitrogen and oxygen atoms in total. The molecule has 1 aliphatic carbocycles. The largest absolute Gasteiger partial charge is 0.467 e. The van der Waals surface area contributed by atoms with Gasteiger partial charge in [-0.1, -0.05) is 42.0 Å². The number of rotatable bonds is 3. The van der Waals surface area contributed by atoms with Crippen LogP contribution in [0.5, 0.6) is 0 Å². The molecule has 1 saturated carbocycles. The molecule has 5 unspecified atom stereocenters. The van der Waals surface area contributed by atoms with Crippen molar-refractivity contribution in [3.63, 3.8) is 0 Å². The maximum Gasteiger partial charge on any atom is 0.337 e. The zero-order valence-electron chi connectivity index (χ0n) is 14.7. The summed E-state index contributed by atoms with van der Waals surface area (Å²) in [6.45, 7) is 0. The number of esters is 1. The normalized spacial score (nSPS) is 38.0. The number of fused-ring (bicyclic) bond motifs is 2. The smallest absolute Gasteiger partial charge is 0.337 e. The van der Waals surface area contributed by atoms with Crippen molar-refractivity contribution in [2.45, 2.75) is 56.0 Å². The zero-order chi connectivity index (χ0) is 17.4. The minimum atomic E-state index is -0.694. The van der Waals surface area contributed by atoms with E-state index in [1.165, 1.54) is 17.9 Å². The van der Waals surface area contributed by atoms with Crippen LogP contribution in [-0.4, -0.2) is 43.3 Å². The molecule has 2 aliphatic heterocycles. The number of hydrogen-bond donors (Lipinski definition) is 0. The molecule has 0 spiro atoms. The van der Waals surface area contributed by atoms with E-state index in [4.69, 9.17) is 19.1 Å². The monoisotopic (exact) mass is 347 g/mol. The Labute approximate surface area is 147 Å². The highest BCUT2D eigenvalue weighted by Gasteiger charge is 2.59. The topological polar surface area (TPSA) is 57.2 Å². The summed E-state index contributed by atoms with van der Waals surface area (Å²) in [5.74, 6) is -0.640. The van der Waals surface area contributed by atoms with E-state index in [-0.39, 0.29) is 23.8 Å². The van der Waals surface area contributed by atoms with Crippen LogP contribution in [0.4, 0.5) is 0 Å².